The third-order valence-electron chi connectivity index (χ3n) is 3.07. The summed E-state index contributed by atoms with van der Waals surface area (Å²) < 4.78 is 48.1. The first-order valence-corrected chi connectivity index (χ1v) is 13.6. The first-order chi connectivity index (χ1) is 9.74. The molecule has 8 heteroatoms. The SMILES string of the molecule is C=C(C)C(=O)OCCC[Si](C)(C)O[Si](C)(C)CCC(F)(F)F. The van der Waals surface area contributed by atoms with Gasteiger partial charge in [-0.1, -0.05) is 6.58 Å². The van der Waals surface area contributed by atoms with E-state index in [1.165, 1.54) is 0 Å². The second kappa shape index (κ2) is 8.30. The van der Waals surface area contributed by atoms with Gasteiger partial charge in [-0.05, 0) is 51.6 Å². The summed E-state index contributed by atoms with van der Waals surface area (Å²) in [5.74, 6) is -0.416. The number of hydrogen-bond acceptors (Lipinski definition) is 3. The average Bonchev–Trinajstić information content (AvgIpc) is 2.30. The standard InChI is InChI=1S/C14H27F3O3Si2/c1-12(2)13(18)19-9-7-10-21(3,4)20-22(5,6)11-8-14(15,16)17/h1,7-11H2,2-6H3. The second-order valence-electron chi connectivity index (χ2n) is 6.76. The fourth-order valence-corrected chi connectivity index (χ4v) is 10.8. The van der Waals surface area contributed by atoms with E-state index in [-0.39, 0.29) is 12.7 Å². The molecule has 3 nitrogen and oxygen atoms in total. The monoisotopic (exact) mass is 356 g/mol. The average molecular weight is 357 g/mol. The summed E-state index contributed by atoms with van der Waals surface area (Å²) in [6.07, 6.45) is -4.26. The van der Waals surface area contributed by atoms with Gasteiger partial charge in [-0.3, -0.25) is 0 Å². The van der Waals surface area contributed by atoms with Crippen LogP contribution in [0.4, 0.5) is 13.2 Å². The first-order valence-electron chi connectivity index (χ1n) is 7.34. The van der Waals surface area contributed by atoms with E-state index in [0.29, 0.717) is 12.0 Å². The fraction of sp³-hybridized carbons (Fsp3) is 0.786. The zero-order valence-corrected chi connectivity index (χ0v) is 16.1. The van der Waals surface area contributed by atoms with Crippen LogP contribution in [0.2, 0.25) is 38.3 Å². The second-order valence-corrected chi connectivity index (χ2v) is 15.6. The number of alkyl halides is 3. The predicted octanol–water partition coefficient (Wildman–Crippen LogP) is 4.88. The van der Waals surface area contributed by atoms with Crippen LogP contribution in [0.1, 0.15) is 19.8 Å². The molecule has 0 atom stereocenters. The molecule has 0 rings (SSSR count). The Balaban J connectivity index is 4.21. The smallest absolute Gasteiger partial charge is 0.388 e. The molecule has 0 unspecified atom stereocenters. The third-order valence-corrected chi connectivity index (χ3v) is 10.5. The molecule has 0 saturated heterocycles. The molecule has 0 aliphatic heterocycles. The van der Waals surface area contributed by atoms with Crippen molar-refractivity contribution in [3.63, 3.8) is 0 Å². The minimum absolute atomic E-state index is 0.0809. The van der Waals surface area contributed by atoms with Crippen LogP contribution in [-0.2, 0) is 13.6 Å². The molecule has 0 N–H and O–H groups in total. The molecule has 0 radical (unpaired) electrons. The molecule has 0 aromatic carbocycles. The molecule has 0 aliphatic rings. The van der Waals surface area contributed by atoms with Gasteiger partial charge in [0.25, 0.3) is 0 Å². The van der Waals surface area contributed by atoms with Crippen LogP contribution in [0.15, 0.2) is 12.2 Å². The number of ether oxygens (including phenoxy) is 1. The Morgan fingerprint density at radius 3 is 2.05 bits per heavy atom. The molecule has 0 spiro atoms. The van der Waals surface area contributed by atoms with Crippen LogP contribution in [0.3, 0.4) is 0 Å². The van der Waals surface area contributed by atoms with Gasteiger partial charge in [-0.25, -0.2) is 4.79 Å². The van der Waals surface area contributed by atoms with Crippen molar-refractivity contribution >= 4 is 22.6 Å². The van der Waals surface area contributed by atoms with E-state index in [0.717, 1.165) is 6.04 Å². The van der Waals surface area contributed by atoms with Crippen LogP contribution in [0, 0.1) is 0 Å². The summed E-state index contributed by atoms with van der Waals surface area (Å²) in [6, 6.07) is 0.830. The van der Waals surface area contributed by atoms with Crippen molar-refractivity contribution in [2.45, 2.75) is 64.2 Å². The third kappa shape index (κ3) is 11.0. The van der Waals surface area contributed by atoms with Gasteiger partial charge in [0, 0.05) is 12.0 Å². The summed E-state index contributed by atoms with van der Waals surface area (Å²) in [6.45, 7) is 13.0. The Labute approximate surface area is 133 Å². The number of halogens is 3. The fourth-order valence-electron chi connectivity index (χ4n) is 2.08. The zero-order valence-electron chi connectivity index (χ0n) is 14.1. The molecule has 22 heavy (non-hydrogen) atoms. The van der Waals surface area contributed by atoms with Gasteiger partial charge >= 0.3 is 12.1 Å². The number of carbonyl (C=O) groups is 1. The zero-order chi connectivity index (χ0) is 17.6. The lowest BCUT2D eigenvalue weighted by Crippen LogP contribution is -2.44. The highest BCUT2D eigenvalue weighted by atomic mass is 28.4. The lowest BCUT2D eigenvalue weighted by Gasteiger charge is -2.34. The molecule has 0 amide bonds. The van der Waals surface area contributed by atoms with Gasteiger partial charge in [-0.2, -0.15) is 13.2 Å². The highest BCUT2D eigenvalue weighted by Gasteiger charge is 2.37. The van der Waals surface area contributed by atoms with Crippen molar-refractivity contribution in [1.29, 1.82) is 0 Å². The van der Waals surface area contributed by atoms with Crippen LogP contribution in [0.25, 0.3) is 0 Å². The maximum atomic E-state index is 12.3. The minimum Gasteiger partial charge on any atom is -0.462 e. The van der Waals surface area contributed by atoms with Crippen molar-refractivity contribution in [1.82, 2.24) is 0 Å². The first kappa shape index (κ1) is 21.4. The van der Waals surface area contributed by atoms with E-state index in [2.05, 4.69) is 6.58 Å². The molecule has 0 heterocycles. The van der Waals surface area contributed by atoms with Crippen molar-refractivity contribution in [3.8, 4) is 0 Å². The van der Waals surface area contributed by atoms with Gasteiger partial charge < -0.3 is 8.85 Å². The summed E-state index contributed by atoms with van der Waals surface area (Å²) in [7, 11) is -4.38. The number of hydrogen-bond donors (Lipinski definition) is 0. The van der Waals surface area contributed by atoms with E-state index in [1.54, 1.807) is 6.92 Å². The van der Waals surface area contributed by atoms with Crippen LogP contribution < -0.4 is 0 Å². The van der Waals surface area contributed by atoms with E-state index >= 15 is 0 Å². The lowest BCUT2D eigenvalue weighted by molar-refractivity contribution is -0.139. The molecule has 130 valence electrons. The van der Waals surface area contributed by atoms with Gasteiger partial charge in [0.15, 0.2) is 16.6 Å². The Hall–Kier alpha value is -0.606. The Kier molecular flexibility index (Phi) is 8.07. The van der Waals surface area contributed by atoms with Gasteiger partial charge in [0.05, 0.1) is 6.61 Å². The number of esters is 1. The molecule has 0 saturated carbocycles. The maximum absolute atomic E-state index is 12.3. The highest BCUT2D eigenvalue weighted by molar-refractivity contribution is 6.84. The molecule has 0 bridgehead atoms. The highest BCUT2D eigenvalue weighted by Crippen LogP contribution is 2.29. The lowest BCUT2D eigenvalue weighted by atomic mass is 10.4. The van der Waals surface area contributed by atoms with Crippen LogP contribution >= 0.6 is 0 Å². The van der Waals surface area contributed by atoms with Gasteiger partial charge in [0.2, 0.25) is 0 Å². The quantitative estimate of drug-likeness (QED) is 0.256. The van der Waals surface area contributed by atoms with Gasteiger partial charge in [-0.15, -0.1) is 0 Å². The van der Waals surface area contributed by atoms with Crippen molar-refractivity contribution in [2.24, 2.45) is 0 Å². The van der Waals surface area contributed by atoms with E-state index < -0.39 is 35.2 Å². The van der Waals surface area contributed by atoms with Crippen LogP contribution in [-0.4, -0.2) is 35.4 Å². The molecule has 0 aliphatic carbocycles. The molecule has 0 aromatic rings. The summed E-state index contributed by atoms with van der Waals surface area (Å²) in [5, 5.41) is 0. The van der Waals surface area contributed by atoms with E-state index in [1.807, 2.05) is 26.2 Å². The van der Waals surface area contributed by atoms with E-state index in [9.17, 15) is 18.0 Å². The Bertz CT molecular complexity index is 393. The normalized spacial score (nSPS) is 13.1. The maximum Gasteiger partial charge on any atom is 0.388 e. The summed E-state index contributed by atoms with van der Waals surface area (Å²) in [4.78, 5) is 11.2. The van der Waals surface area contributed by atoms with Gasteiger partial charge in [0.1, 0.15) is 0 Å². The summed E-state index contributed by atoms with van der Waals surface area (Å²) in [5.41, 5.74) is 0.355. The van der Waals surface area contributed by atoms with E-state index in [4.69, 9.17) is 8.85 Å². The van der Waals surface area contributed by atoms with Crippen LogP contribution in [0.5, 0.6) is 0 Å². The molecule has 0 aromatic heterocycles. The van der Waals surface area contributed by atoms with Crippen molar-refractivity contribution in [3.05, 3.63) is 12.2 Å². The molecular formula is C14H27F3O3Si2. The Morgan fingerprint density at radius 2 is 1.59 bits per heavy atom. The van der Waals surface area contributed by atoms with Crippen molar-refractivity contribution in [2.75, 3.05) is 6.61 Å². The molecule has 0 fully saturated rings. The largest absolute Gasteiger partial charge is 0.462 e. The number of rotatable bonds is 9. The minimum atomic E-state index is -4.13. The van der Waals surface area contributed by atoms with Crippen molar-refractivity contribution < 1.29 is 26.8 Å². The summed E-state index contributed by atoms with van der Waals surface area (Å²) >= 11 is 0. The topological polar surface area (TPSA) is 35.5 Å². The predicted molar refractivity (Wildman–Crippen MR) is 86.7 cm³/mol. The molecular weight excluding hydrogens is 329 g/mol. The Morgan fingerprint density at radius 1 is 1.09 bits per heavy atom. The number of carbonyl (C=O) groups excluding carboxylic acids is 1.